The molecule has 0 fully saturated rings. The smallest absolute Gasteiger partial charge is 0.179 e. The SMILES string of the molecule is CC(C)(C)c1ccc2c(c1)c1ccccc1n2-c1ccc(-c2nc(-c3ccccc3)nc(-c3ccccc3)n2)c(-c2cccc([Si](c3ccccc3)(c3ccccc3)c3ccccc3)c2)c1. The third-order valence-corrected chi connectivity index (χ3v) is 17.7. The highest BCUT2D eigenvalue weighted by molar-refractivity contribution is 7.19. The molecular weight excluding hydrogens is 817 g/mol. The molecule has 11 rings (SSSR count). The number of aromatic nitrogens is 4. The largest absolute Gasteiger partial charge is 0.309 e. The second-order valence-electron chi connectivity index (χ2n) is 18.0. The van der Waals surface area contributed by atoms with Gasteiger partial charge in [0.05, 0.1) is 11.0 Å². The van der Waals surface area contributed by atoms with Gasteiger partial charge in [0, 0.05) is 33.2 Å². The molecule has 2 heterocycles. The lowest BCUT2D eigenvalue weighted by Gasteiger charge is -2.34. The predicted molar refractivity (Wildman–Crippen MR) is 278 cm³/mol. The molecule has 0 aliphatic carbocycles. The maximum Gasteiger partial charge on any atom is 0.179 e. The maximum atomic E-state index is 5.30. The van der Waals surface area contributed by atoms with Crippen molar-refractivity contribution < 1.29 is 0 Å². The zero-order valence-corrected chi connectivity index (χ0v) is 38.3. The highest BCUT2D eigenvalue weighted by Gasteiger charge is 2.41. The van der Waals surface area contributed by atoms with E-state index in [9.17, 15) is 0 Å². The molecule has 2 aromatic heterocycles. The van der Waals surface area contributed by atoms with E-state index in [1.54, 1.807) is 0 Å². The molecule has 5 heteroatoms. The molecule has 0 N–H and O–H groups in total. The van der Waals surface area contributed by atoms with Crippen LogP contribution < -0.4 is 20.7 Å². The minimum absolute atomic E-state index is 0.0107. The van der Waals surface area contributed by atoms with E-state index in [1.807, 2.05) is 36.4 Å². The first-order valence-electron chi connectivity index (χ1n) is 22.7. The van der Waals surface area contributed by atoms with Gasteiger partial charge in [-0.3, -0.25) is 0 Å². The van der Waals surface area contributed by atoms with Gasteiger partial charge in [-0.15, -0.1) is 0 Å². The van der Waals surface area contributed by atoms with Crippen LogP contribution in [0.4, 0.5) is 0 Å². The van der Waals surface area contributed by atoms with Crippen molar-refractivity contribution in [2.45, 2.75) is 26.2 Å². The molecule has 0 unspecified atom stereocenters. The van der Waals surface area contributed by atoms with E-state index >= 15 is 0 Å². The van der Waals surface area contributed by atoms with Gasteiger partial charge in [-0.2, -0.15) is 0 Å². The number of hydrogen-bond acceptors (Lipinski definition) is 3. The molecule has 0 spiro atoms. The van der Waals surface area contributed by atoms with Crippen molar-refractivity contribution in [2.24, 2.45) is 0 Å². The molecule has 0 amide bonds. The van der Waals surface area contributed by atoms with Crippen molar-refractivity contribution in [2.75, 3.05) is 0 Å². The Morgan fingerprint density at radius 2 is 0.818 bits per heavy atom. The Hall–Kier alpha value is -7.99. The zero-order valence-electron chi connectivity index (χ0n) is 37.3. The molecular formula is C61H48N4Si. The van der Waals surface area contributed by atoms with E-state index in [1.165, 1.54) is 37.1 Å². The molecule has 0 bridgehead atoms. The second kappa shape index (κ2) is 16.9. The predicted octanol–water partition coefficient (Wildman–Crippen LogP) is 12.3. The number of fused-ring (bicyclic) bond motifs is 3. The standard InChI is InChI=1S/C61H48N4Si/c1-61(2,3)46-36-39-57-55(41-46)52-34-19-20-35-56(52)65(57)47-37-38-53(60-63-58(43-22-9-4-10-23-43)62-59(64-60)44-24-11-5-12-25-44)54(42-47)45-26-21-33-51(40-45)66(48-27-13-6-14-28-48,49-29-15-7-16-30-49)50-31-17-8-18-32-50/h4-42H,1-3H3. The lowest BCUT2D eigenvalue weighted by Crippen LogP contribution is -2.74. The van der Waals surface area contributed by atoms with Crippen LogP contribution in [0.5, 0.6) is 0 Å². The minimum atomic E-state index is -2.87. The van der Waals surface area contributed by atoms with Gasteiger partial charge in [0.25, 0.3) is 0 Å². The molecule has 0 atom stereocenters. The Morgan fingerprint density at radius 1 is 0.348 bits per heavy atom. The normalized spacial score (nSPS) is 11.9. The molecule has 0 saturated carbocycles. The van der Waals surface area contributed by atoms with Crippen LogP contribution >= 0.6 is 0 Å². The topological polar surface area (TPSA) is 43.6 Å². The van der Waals surface area contributed by atoms with Crippen LogP contribution in [0, 0.1) is 0 Å². The summed E-state index contributed by atoms with van der Waals surface area (Å²) in [4.78, 5) is 15.7. The van der Waals surface area contributed by atoms with E-state index in [0.29, 0.717) is 17.5 Å². The number of benzene rings is 9. The number of nitrogens with zero attached hydrogens (tertiary/aromatic N) is 4. The third kappa shape index (κ3) is 7.24. The first kappa shape index (κ1) is 40.8. The van der Waals surface area contributed by atoms with Crippen LogP contribution in [0.2, 0.25) is 0 Å². The first-order chi connectivity index (χ1) is 32.4. The van der Waals surface area contributed by atoms with Crippen molar-refractivity contribution in [3.8, 4) is 51.0 Å². The quantitative estimate of drug-likeness (QED) is 0.107. The fraction of sp³-hybridized carbons (Fsp3) is 0.0656. The molecule has 11 aromatic rings. The lowest BCUT2D eigenvalue weighted by atomic mass is 9.86. The van der Waals surface area contributed by atoms with E-state index in [0.717, 1.165) is 44.5 Å². The van der Waals surface area contributed by atoms with Gasteiger partial charge in [-0.1, -0.05) is 221 Å². The number of hydrogen-bond donors (Lipinski definition) is 0. The summed E-state index contributed by atoms with van der Waals surface area (Å²) in [5.41, 5.74) is 9.62. The van der Waals surface area contributed by atoms with Crippen molar-refractivity contribution >= 4 is 50.6 Å². The van der Waals surface area contributed by atoms with Crippen molar-refractivity contribution in [1.82, 2.24) is 19.5 Å². The minimum Gasteiger partial charge on any atom is -0.309 e. The number of rotatable bonds is 9. The second-order valence-corrected chi connectivity index (χ2v) is 21.8. The average Bonchev–Trinajstić information content (AvgIpc) is 3.71. The summed E-state index contributed by atoms with van der Waals surface area (Å²) in [6.07, 6.45) is 0. The van der Waals surface area contributed by atoms with E-state index in [-0.39, 0.29) is 5.41 Å². The molecule has 0 saturated heterocycles. The first-order valence-corrected chi connectivity index (χ1v) is 24.7. The maximum absolute atomic E-state index is 5.30. The van der Waals surface area contributed by atoms with Crippen LogP contribution in [0.3, 0.4) is 0 Å². The summed E-state index contributed by atoms with van der Waals surface area (Å²) in [5.74, 6) is 1.87. The molecule has 316 valence electrons. The van der Waals surface area contributed by atoms with Crippen LogP contribution in [0.25, 0.3) is 72.8 Å². The summed E-state index contributed by atoms with van der Waals surface area (Å²) in [6.45, 7) is 6.85. The lowest BCUT2D eigenvalue weighted by molar-refractivity contribution is 0.591. The molecule has 0 radical (unpaired) electrons. The van der Waals surface area contributed by atoms with Crippen molar-refractivity contribution in [3.63, 3.8) is 0 Å². The Morgan fingerprint density at radius 3 is 1.38 bits per heavy atom. The summed E-state index contributed by atoms with van der Waals surface area (Å²) in [7, 11) is -2.87. The molecule has 4 nitrogen and oxygen atoms in total. The van der Waals surface area contributed by atoms with E-state index in [2.05, 4.69) is 226 Å². The van der Waals surface area contributed by atoms with Gasteiger partial charge < -0.3 is 4.57 Å². The average molecular weight is 865 g/mol. The highest BCUT2D eigenvalue weighted by atomic mass is 28.3. The van der Waals surface area contributed by atoms with Crippen molar-refractivity contribution in [1.29, 1.82) is 0 Å². The van der Waals surface area contributed by atoms with Gasteiger partial charge in [-0.05, 0) is 79.3 Å². The van der Waals surface area contributed by atoms with Crippen LogP contribution in [0.15, 0.2) is 237 Å². The van der Waals surface area contributed by atoms with Gasteiger partial charge in [0.2, 0.25) is 0 Å². The fourth-order valence-corrected chi connectivity index (χ4v) is 14.5. The molecule has 0 aliphatic rings. The Balaban J connectivity index is 1.21. The van der Waals surface area contributed by atoms with Gasteiger partial charge >= 0.3 is 0 Å². The monoisotopic (exact) mass is 864 g/mol. The van der Waals surface area contributed by atoms with E-state index in [4.69, 9.17) is 15.0 Å². The highest BCUT2D eigenvalue weighted by Crippen LogP contribution is 2.39. The third-order valence-electron chi connectivity index (χ3n) is 13.0. The van der Waals surface area contributed by atoms with Crippen LogP contribution in [-0.2, 0) is 5.41 Å². The van der Waals surface area contributed by atoms with E-state index < -0.39 is 8.07 Å². The Labute approximate surface area is 387 Å². The number of para-hydroxylation sites is 1. The summed E-state index contributed by atoms with van der Waals surface area (Å²) in [5, 5.41) is 7.74. The van der Waals surface area contributed by atoms with Crippen molar-refractivity contribution in [3.05, 3.63) is 242 Å². The van der Waals surface area contributed by atoms with Crippen LogP contribution in [-0.4, -0.2) is 27.6 Å². The fourth-order valence-electron chi connectivity index (χ4n) is 9.74. The molecule has 9 aromatic carbocycles. The summed E-state index contributed by atoms with van der Waals surface area (Å²) in [6, 6.07) is 85.6. The molecule has 0 aliphatic heterocycles. The van der Waals surface area contributed by atoms with Gasteiger partial charge in [0.1, 0.15) is 0 Å². The summed E-state index contributed by atoms with van der Waals surface area (Å²) >= 11 is 0. The van der Waals surface area contributed by atoms with Gasteiger partial charge in [0.15, 0.2) is 25.5 Å². The zero-order chi connectivity index (χ0) is 44.7. The Kier molecular flexibility index (Phi) is 10.4. The van der Waals surface area contributed by atoms with Crippen LogP contribution in [0.1, 0.15) is 26.3 Å². The summed E-state index contributed by atoms with van der Waals surface area (Å²) < 4.78 is 2.42. The Bertz CT molecular complexity index is 3340. The molecule has 66 heavy (non-hydrogen) atoms. The van der Waals surface area contributed by atoms with Gasteiger partial charge in [-0.25, -0.2) is 15.0 Å².